The number of aromatic nitrogens is 2. The van der Waals surface area contributed by atoms with Crippen LogP contribution in [-0.2, 0) is 6.54 Å². The zero-order chi connectivity index (χ0) is 12.4. The molecule has 1 aromatic rings. The van der Waals surface area contributed by atoms with Crippen molar-refractivity contribution in [3.05, 3.63) is 18.2 Å². The van der Waals surface area contributed by atoms with E-state index in [4.69, 9.17) is 0 Å². The summed E-state index contributed by atoms with van der Waals surface area (Å²) in [5, 5.41) is 3.63. The maximum absolute atomic E-state index is 4.38. The third-order valence-electron chi connectivity index (χ3n) is 4.22. The number of hydrogen-bond acceptors (Lipinski definition) is 3. The third-order valence-corrected chi connectivity index (χ3v) is 5.74. The van der Waals surface area contributed by atoms with Crippen molar-refractivity contribution in [1.82, 2.24) is 14.9 Å². The van der Waals surface area contributed by atoms with E-state index in [1.165, 1.54) is 43.6 Å². The summed E-state index contributed by atoms with van der Waals surface area (Å²) in [6.07, 6.45) is 10.7. The van der Waals surface area contributed by atoms with E-state index in [-0.39, 0.29) is 0 Å². The molecule has 3 rings (SSSR count). The predicted octanol–water partition coefficient (Wildman–Crippen LogP) is 2.98. The van der Waals surface area contributed by atoms with E-state index in [9.17, 15) is 0 Å². The van der Waals surface area contributed by atoms with Crippen LogP contribution in [0.25, 0.3) is 0 Å². The van der Waals surface area contributed by atoms with Gasteiger partial charge < -0.3 is 9.88 Å². The van der Waals surface area contributed by atoms with Gasteiger partial charge >= 0.3 is 0 Å². The highest BCUT2D eigenvalue weighted by Crippen LogP contribution is 2.39. The quantitative estimate of drug-likeness (QED) is 0.911. The first kappa shape index (κ1) is 12.5. The number of rotatable bonds is 3. The van der Waals surface area contributed by atoms with Crippen molar-refractivity contribution < 1.29 is 0 Å². The summed E-state index contributed by atoms with van der Waals surface area (Å²) in [5.74, 6) is 1.32. The largest absolute Gasteiger partial charge is 0.332 e. The van der Waals surface area contributed by atoms with Gasteiger partial charge in [0.2, 0.25) is 0 Å². The van der Waals surface area contributed by atoms with Crippen molar-refractivity contribution in [1.29, 1.82) is 0 Å². The van der Waals surface area contributed by atoms with Crippen LogP contribution in [0.5, 0.6) is 0 Å². The molecule has 3 nitrogen and oxygen atoms in total. The Morgan fingerprint density at radius 1 is 1.50 bits per heavy atom. The van der Waals surface area contributed by atoms with Gasteiger partial charge in [-0.2, -0.15) is 11.8 Å². The number of piperidine rings is 1. The van der Waals surface area contributed by atoms with Gasteiger partial charge in [0.15, 0.2) is 0 Å². The van der Waals surface area contributed by atoms with Gasteiger partial charge in [-0.3, -0.25) is 0 Å². The van der Waals surface area contributed by atoms with Crippen LogP contribution in [0.3, 0.4) is 0 Å². The van der Waals surface area contributed by atoms with Crippen LogP contribution in [0, 0.1) is 0 Å². The SMILES string of the molecule is CC1(Cn2cncc2C2CCCCN2)CCCS1. The Labute approximate surface area is 114 Å². The zero-order valence-electron chi connectivity index (χ0n) is 11.2. The molecule has 0 aromatic carbocycles. The van der Waals surface area contributed by atoms with Gasteiger partial charge in [0, 0.05) is 23.5 Å². The summed E-state index contributed by atoms with van der Waals surface area (Å²) in [6, 6.07) is 0.524. The lowest BCUT2D eigenvalue weighted by molar-refractivity contribution is 0.385. The number of hydrogen-bond donors (Lipinski definition) is 1. The van der Waals surface area contributed by atoms with Gasteiger partial charge in [-0.15, -0.1) is 0 Å². The molecule has 0 radical (unpaired) electrons. The normalized spacial score (nSPS) is 32.8. The van der Waals surface area contributed by atoms with Crippen LogP contribution in [0.15, 0.2) is 12.5 Å². The smallest absolute Gasteiger partial charge is 0.0949 e. The van der Waals surface area contributed by atoms with E-state index >= 15 is 0 Å². The first-order valence-corrected chi connectivity index (χ1v) is 8.13. The molecule has 0 spiro atoms. The fourth-order valence-corrected chi connectivity index (χ4v) is 4.48. The zero-order valence-corrected chi connectivity index (χ0v) is 12.0. The minimum atomic E-state index is 0.421. The van der Waals surface area contributed by atoms with Crippen molar-refractivity contribution in [2.75, 3.05) is 12.3 Å². The van der Waals surface area contributed by atoms with Crippen molar-refractivity contribution in [2.24, 2.45) is 0 Å². The van der Waals surface area contributed by atoms with E-state index in [0.717, 1.165) is 13.1 Å². The fourth-order valence-electron chi connectivity index (χ4n) is 3.18. The standard InChI is InChI=1S/C14H23N3S/c1-14(6-4-8-18-14)10-17-11-15-9-13(17)12-5-2-3-7-16-12/h9,11-12,16H,2-8,10H2,1H3. The van der Waals surface area contributed by atoms with E-state index < -0.39 is 0 Å². The maximum atomic E-state index is 4.38. The lowest BCUT2D eigenvalue weighted by atomic mass is 10.0. The second kappa shape index (κ2) is 5.25. The Balaban J connectivity index is 1.74. The summed E-state index contributed by atoms with van der Waals surface area (Å²) < 4.78 is 2.81. The second-order valence-corrected chi connectivity index (χ2v) is 7.53. The molecule has 1 N–H and O–H groups in total. The number of nitrogens with zero attached hydrogens (tertiary/aromatic N) is 2. The summed E-state index contributed by atoms with van der Waals surface area (Å²) in [5.41, 5.74) is 1.39. The van der Waals surface area contributed by atoms with Crippen molar-refractivity contribution in [3.8, 4) is 0 Å². The maximum Gasteiger partial charge on any atom is 0.0949 e. The number of nitrogens with one attached hydrogen (secondary N) is 1. The number of thioether (sulfide) groups is 1. The Morgan fingerprint density at radius 2 is 2.44 bits per heavy atom. The number of imidazole rings is 1. The summed E-state index contributed by atoms with van der Waals surface area (Å²) in [4.78, 5) is 4.38. The van der Waals surface area contributed by atoms with Gasteiger partial charge in [-0.1, -0.05) is 6.42 Å². The lowest BCUT2D eigenvalue weighted by Gasteiger charge is -2.28. The molecule has 2 aliphatic heterocycles. The Kier molecular flexibility index (Phi) is 3.66. The topological polar surface area (TPSA) is 29.9 Å². The van der Waals surface area contributed by atoms with Gasteiger partial charge in [-0.25, -0.2) is 4.98 Å². The molecule has 3 heterocycles. The van der Waals surface area contributed by atoms with Gasteiger partial charge in [0.25, 0.3) is 0 Å². The Hall–Kier alpha value is -0.480. The minimum absolute atomic E-state index is 0.421. The highest BCUT2D eigenvalue weighted by Gasteiger charge is 2.31. The molecule has 2 aliphatic rings. The van der Waals surface area contributed by atoms with E-state index in [2.05, 4.69) is 39.8 Å². The molecule has 0 bridgehead atoms. The molecular weight excluding hydrogens is 242 g/mol. The van der Waals surface area contributed by atoms with Crippen LogP contribution in [0.2, 0.25) is 0 Å². The Morgan fingerprint density at radius 3 is 3.17 bits per heavy atom. The van der Waals surface area contributed by atoms with E-state index in [1.807, 2.05) is 6.33 Å². The van der Waals surface area contributed by atoms with Crippen molar-refractivity contribution in [3.63, 3.8) is 0 Å². The average molecular weight is 265 g/mol. The van der Waals surface area contributed by atoms with Crippen LogP contribution in [0.4, 0.5) is 0 Å². The molecule has 0 aliphatic carbocycles. The van der Waals surface area contributed by atoms with Gasteiger partial charge in [-0.05, 0) is 44.9 Å². The van der Waals surface area contributed by atoms with E-state index in [1.54, 1.807) is 0 Å². The highest BCUT2D eigenvalue weighted by molar-refractivity contribution is 8.00. The minimum Gasteiger partial charge on any atom is -0.332 e. The monoisotopic (exact) mass is 265 g/mol. The van der Waals surface area contributed by atoms with Gasteiger partial charge in [0.05, 0.1) is 12.0 Å². The molecule has 18 heavy (non-hydrogen) atoms. The lowest BCUT2D eigenvalue weighted by Crippen LogP contribution is -2.31. The summed E-state index contributed by atoms with van der Waals surface area (Å²) in [6.45, 7) is 4.68. The molecule has 100 valence electrons. The van der Waals surface area contributed by atoms with E-state index in [0.29, 0.717) is 10.8 Å². The average Bonchev–Trinajstić information content (AvgIpc) is 3.00. The Bertz CT molecular complexity index is 389. The summed E-state index contributed by atoms with van der Waals surface area (Å²) >= 11 is 2.13. The molecule has 0 amide bonds. The molecule has 2 fully saturated rings. The second-order valence-electron chi connectivity index (χ2n) is 5.85. The molecule has 0 saturated carbocycles. The molecule has 2 saturated heterocycles. The predicted molar refractivity (Wildman–Crippen MR) is 76.9 cm³/mol. The third kappa shape index (κ3) is 2.59. The first-order valence-electron chi connectivity index (χ1n) is 7.14. The van der Waals surface area contributed by atoms with Crippen LogP contribution >= 0.6 is 11.8 Å². The molecule has 2 atom stereocenters. The first-order chi connectivity index (χ1) is 8.77. The molecule has 2 unspecified atom stereocenters. The summed E-state index contributed by atoms with van der Waals surface area (Å²) in [7, 11) is 0. The highest BCUT2D eigenvalue weighted by atomic mass is 32.2. The van der Waals surface area contributed by atoms with Crippen molar-refractivity contribution >= 4 is 11.8 Å². The van der Waals surface area contributed by atoms with Crippen LogP contribution < -0.4 is 5.32 Å². The van der Waals surface area contributed by atoms with Crippen molar-refractivity contribution in [2.45, 2.75) is 56.4 Å². The fraction of sp³-hybridized carbons (Fsp3) is 0.786. The molecule has 1 aromatic heterocycles. The molecular formula is C14H23N3S. The van der Waals surface area contributed by atoms with Crippen LogP contribution in [0.1, 0.15) is 50.8 Å². The molecule has 4 heteroatoms. The van der Waals surface area contributed by atoms with Crippen LogP contribution in [-0.4, -0.2) is 26.6 Å². The van der Waals surface area contributed by atoms with Gasteiger partial charge in [0.1, 0.15) is 0 Å².